The number of anilines is 1. The van der Waals surface area contributed by atoms with E-state index in [2.05, 4.69) is 10.2 Å². The molecule has 160 valence electrons. The van der Waals surface area contributed by atoms with Crippen LogP contribution in [0.4, 0.5) is 5.69 Å². The Morgan fingerprint density at radius 2 is 1.93 bits per heavy atom. The highest BCUT2D eigenvalue weighted by atomic mass is 16.5. The fourth-order valence-electron chi connectivity index (χ4n) is 4.55. The SMILES string of the molecule is CC(=O)Nc1ccc([C@@H](O)CN2CCC3(CC2)C[C@@H](O)c2cc(C)ccc2O3)cc1. The van der Waals surface area contributed by atoms with Gasteiger partial charge in [0, 0.05) is 44.2 Å². The molecular formula is C24H30N2O4. The van der Waals surface area contributed by atoms with Gasteiger partial charge in [-0.3, -0.25) is 4.79 Å². The summed E-state index contributed by atoms with van der Waals surface area (Å²) in [6.07, 6.45) is 1.18. The number of nitrogens with zero attached hydrogens (tertiary/aromatic N) is 1. The van der Waals surface area contributed by atoms with Crippen LogP contribution in [0.1, 0.15) is 55.1 Å². The lowest BCUT2D eigenvalue weighted by Crippen LogP contribution is -2.51. The van der Waals surface area contributed by atoms with Crippen molar-refractivity contribution in [2.45, 2.75) is 50.9 Å². The van der Waals surface area contributed by atoms with Crippen LogP contribution < -0.4 is 10.1 Å². The number of amides is 1. The number of hydrogen-bond donors (Lipinski definition) is 3. The van der Waals surface area contributed by atoms with Crippen molar-refractivity contribution in [3.63, 3.8) is 0 Å². The number of rotatable bonds is 4. The predicted molar refractivity (Wildman–Crippen MR) is 115 cm³/mol. The minimum absolute atomic E-state index is 0.113. The minimum Gasteiger partial charge on any atom is -0.487 e. The third kappa shape index (κ3) is 4.51. The van der Waals surface area contributed by atoms with Gasteiger partial charge in [-0.2, -0.15) is 0 Å². The van der Waals surface area contributed by atoms with Crippen molar-refractivity contribution in [2.24, 2.45) is 0 Å². The van der Waals surface area contributed by atoms with E-state index < -0.39 is 12.2 Å². The van der Waals surface area contributed by atoms with Gasteiger partial charge in [0.2, 0.25) is 5.91 Å². The summed E-state index contributed by atoms with van der Waals surface area (Å²) in [5.41, 5.74) is 3.24. The Bertz CT molecular complexity index is 904. The highest BCUT2D eigenvalue weighted by Crippen LogP contribution is 2.44. The first-order valence-electron chi connectivity index (χ1n) is 10.6. The van der Waals surface area contributed by atoms with Gasteiger partial charge < -0.3 is 25.2 Å². The molecule has 0 unspecified atom stereocenters. The van der Waals surface area contributed by atoms with Crippen LogP contribution in [0.25, 0.3) is 0 Å². The number of fused-ring (bicyclic) bond motifs is 1. The Morgan fingerprint density at radius 1 is 1.23 bits per heavy atom. The zero-order chi connectivity index (χ0) is 21.3. The first-order chi connectivity index (χ1) is 14.3. The molecule has 1 fully saturated rings. The maximum Gasteiger partial charge on any atom is 0.221 e. The number of carbonyl (C=O) groups is 1. The van der Waals surface area contributed by atoms with Crippen molar-refractivity contribution in [3.8, 4) is 5.75 Å². The van der Waals surface area contributed by atoms with Crippen LogP contribution in [0.15, 0.2) is 42.5 Å². The highest BCUT2D eigenvalue weighted by molar-refractivity contribution is 5.88. The molecule has 0 aliphatic carbocycles. The zero-order valence-electron chi connectivity index (χ0n) is 17.6. The Balaban J connectivity index is 1.34. The molecule has 0 aromatic heterocycles. The average molecular weight is 411 g/mol. The normalized spacial score (nSPS) is 21.5. The first-order valence-corrected chi connectivity index (χ1v) is 10.6. The van der Waals surface area contributed by atoms with Crippen molar-refractivity contribution in [1.82, 2.24) is 4.90 Å². The van der Waals surface area contributed by atoms with Crippen molar-refractivity contribution in [1.29, 1.82) is 0 Å². The second-order valence-corrected chi connectivity index (χ2v) is 8.67. The molecule has 2 aliphatic heterocycles. The quantitative estimate of drug-likeness (QED) is 0.720. The number of ether oxygens (including phenoxy) is 1. The van der Waals surface area contributed by atoms with E-state index in [4.69, 9.17) is 4.74 Å². The number of β-amino-alcohol motifs (C(OH)–C–C–N with tert-alkyl or cyclic N) is 1. The largest absolute Gasteiger partial charge is 0.487 e. The van der Waals surface area contributed by atoms with Crippen molar-refractivity contribution in [3.05, 3.63) is 59.2 Å². The monoisotopic (exact) mass is 410 g/mol. The Labute approximate surface area is 177 Å². The molecule has 1 spiro atoms. The van der Waals surface area contributed by atoms with E-state index >= 15 is 0 Å². The molecule has 0 radical (unpaired) electrons. The molecule has 1 saturated heterocycles. The fourth-order valence-corrected chi connectivity index (χ4v) is 4.55. The summed E-state index contributed by atoms with van der Waals surface area (Å²) in [6, 6.07) is 13.3. The van der Waals surface area contributed by atoms with Gasteiger partial charge in [-0.25, -0.2) is 0 Å². The molecule has 30 heavy (non-hydrogen) atoms. The number of hydrogen-bond acceptors (Lipinski definition) is 5. The number of benzene rings is 2. The van der Waals surface area contributed by atoms with Crippen LogP contribution in [0.2, 0.25) is 0 Å². The zero-order valence-corrected chi connectivity index (χ0v) is 17.6. The molecule has 0 saturated carbocycles. The topological polar surface area (TPSA) is 82.0 Å². The molecule has 3 N–H and O–H groups in total. The lowest BCUT2D eigenvalue weighted by atomic mass is 9.81. The van der Waals surface area contributed by atoms with Crippen LogP contribution in [-0.4, -0.2) is 46.3 Å². The van der Waals surface area contributed by atoms with Gasteiger partial charge in [0.15, 0.2) is 0 Å². The van der Waals surface area contributed by atoms with E-state index in [-0.39, 0.29) is 11.5 Å². The highest BCUT2D eigenvalue weighted by Gasteiger charge is 2.43. The van der Waals surface area contributed by atoms with Crippen LogP contribution in [0.5, 0.6) is 5.75 Å². The molecule has 1 amide bonds. The molecule has 0 bridgehead atoms. The second kappa shape index (κ2) is 8.38. The van der Waals surface area contributed by atoms with Crippen LogP contribution in [0.3, 0.4) is 0 Å². The minimum atomic E-state index is -0.591. The molecule has 2 aliphatic rings. The summed E-state index contributed by atoms with van der Waals surface area (Å²) < 4.78 is 6.38. The summed E-state index contributed by atoms with van der Waals surface area (Å²) in [5.74, 6) is 0.686. The third-order valence-electron chi connectivity index (χ3n) is 6.23. The number of aliphatic hydroxyl groups excluding tert-OH is 2. The van der Waals surface area contributed by atoms with Gasteiger partial charge in [0.1, 0.15) is 11.4 Å². The molecular weight excluding hydrogens is 380 g/mol. The smallest absolute Gasteiger partial charge is 0.221 e. The number of nitrogens with one attached hydrogen (secondary N) is 1. The van der Waals surface area contributed by atoms with E-state index in [0.29, 0.717) is 13.0 Å². The molecule has 2 atom stereocenters. The van der Waals surface area contributed by atoms with Gasteiger partial charge in [-0.15, -0.1) is 0 Å². The number of aryl methyl sites for hydroxylation is 1. The van der Waals surface area contributed by atoms with Gasteiger partial charge in [0.25, 0.3) is 0 Å². The van der Waals surface area contributed by atoms with E-state index in [0.717, 1.165) is 54.1 Å². The average Bonchev–Trinajstić information content (AvgIpc) is 2.71. The van der Waals surface area contributed by atoms with Crippen LogP contribution in [0, 0.1) is 6.92 Å². The summed E-state index contributed by atoms with van der Waals surface area (Å²) in [7, 11) is 0. The lowest BCUT2D eigenvalue weighted by Gasteiger charge is -2.46. The predicted octanol–water partition coefficient (Wildman–Crippen LogP) is 3.34. The van der Waals surface area contributed by atoms with Gasteiger partial charge in [-0.1, -0.05) is 23.8 Å². The molecule has 2 aromatic rings. The van der Waals surface area contributed by atoms with E-state index in [1.165, 1.54) is 6.92 Å². The van der Waals surface area contributed by atoms with Gasteiger partial charge in [0.05, 0.1) is 12.2 Å². The Morgan fingerprint density at radius 3 is 2.60 bits per heavy atom. The summed E-state index contributed by atoms with van der Waals surface area (Å²) in [4.78, 5) is 13.4. The number of likely N-dealkylation sites (tertiary alicyclic amines) is 1. The lowest BCUT2D eigenvalue weighted by molar-refractivity contribution is -0.114. The fraction of sp³-hybridized carbons (Fsp3) is 0.458. The number of aliphatic hydroxyl groups is 2. The molecule has 2 aromatic carbocycles. The van der Waals surface area contributed by atoms with Gasteiger partial charge in [-0.05, 0) is 49.6 Å². The first kappa shape index (κ1) is 20.8. The standard InChI is InChI=1S/C24H30N2O4/c1-16-3-8-23-20(13-16)21(28)14-24(30-23)9-11-26(12-10-24)15-22(29)18-4-6-19(7-5-18)25-17(2)27/h3-8,13,21-22,28-29H,9-12,14-15H2,1-2H3,(H,25,27)/t21-,22+/m1/s1. The molecule has 6 nitrogen and oxygen atoms in total. The summed E-state index contributed by atoms with van der Waals surface area (Å²) in [6.45, 7) is 5.67. The second-order valence-electron chi connectivity index (χ2n) is 8.67. The van der Waals surface area contributed by atoms with E-state index in [1.807, 2.05) is 49.4 Å². The van der Waals surface area contributed by atoms with Crippen LogP contribution in [-0.2, 0) is 4.79 Å². The van der Waals surface area contributed by atoms with Gasteiger partial charge >= 0.3 is 0 Å². The van der Waals surface area contributed by atoms with Crippen molar-refractivity contribution >= 4 is 11.6 Å². The maximum atomic E-state index is 11.1. The molecule has 2 heterocycles. The van der Waals surface area contributed by atoms with E-state index in [1.54, 1.807) is 0 Å². The Hall–Kier alpha value is -2.41. The number of piperidine rings is 1. The van der Waals surface area contributed by atoms with Crippen molar-refractivity contribution < 1.29 is 19.7 Å². The summed E-state index contributed by atoms with van der Waals surface area (Å²) >= 11 is 0. The van der Waals surface area contributed by atoms with Crippen molar-refractivity contribution in [2.75, 3.05) is 25.0 Å². The van der Waals surface area contributed by atoms with Crippen LogP contribution >= 0.6 is 0 Å². The third-order valence-corrected chi connectivity index (χ3v) is 6.23. The number of carbonyl (C=O) groups excluding carboxylic acids is 1. The summed E-state index contributed by atoms with van der Waals surface area (Å²) in [5, 5.41) is 24.1. The maximum absolute atomic E-state index is 11.1. The molecule has 4 rings (SSSR count). The molecule has 6 heteroatoms. The Kier molecular flexibility index (Phi) is 5.82. The van der Waals surface area contributed by atoms with E-state index in [9.17, 15) is 15.0 Å².